The topological polar surface area (TPSA) is 50.3 Å². The Labute approximate surface area is 121 Å². The van der Waals surface area contributed by atoms with Gasteiger partial charge in [-0.3, -0.25) is 0 Å². The second-order valence-corrected chi connectivity index (χ2v) is 5.64. The van der Waals surface area contributed by atoms with Crippen molar-refractivity contribution in [2.24, 2.45) is 5.92 Å². The Morgan fingerprint density at radius 3 is 3.05 bits per heavy atom. The number of piperidine rings is 1. The molecule has 1 unspecified atom stereocenters. The van der Waals surface area contributed by atoms with Crippen LogP contribution in [0.4, 0.5) is 5.82 Å². The van der Waals surface area contributed by atoms with Crippen molar-refractivity contribution in [3.63, 3.8) is 0 Å². The molecule has 0 saturated carbocycles. The first-order valence-corrected chi connectivity index (χ1v) is 7.63. The first-order chi connectivity index (χ1) is 9.69. The molecule has 2 heterocycles. The molecule has 5 nitrogen and oxygen atoms in total. The summed E-state index contributed by atoms with van der Waals surface area (Å²) >= 11 is 0. The second-order valence-electron chi connectivity index (χ2n) is 5.64. The number of aromatic nitrogens is 2. The highest BCUT2D eigenvalue weighted by atomic mass is 16.5. The van der Waals surface area contributed by atoms with Crippen LogP contribution in [-0.2, 0) is 0 Å². The summed E-state index contributed by atoms with van der Waals surface area (Å²) in [5, 5.41) is 3.44. The lowest BCUT2D eigenvalue weighted by molar-refractivity contribution is 0.232. The monoisotopic (exact) mass is 278 g/mol. The molecular formula is C15H26N4O. The fourth-order valence-electron chi connectivity index (χ4n) is 2.60. The molecule has 112 valence electrons. The molecule has 1 saturated heterocycles. The van der Waals surface area contributed by atoms with Crippen molar-refractivity contribution in [3.05, 3.63) is 12.4 Å². The number of hydrogen-bond donors (Lipinski definition) is 1. The highest BCUT2D eigenvalue weighted by Gasteiger charge is 2.21. The molecule has 0 radical (unpaired) electrons. The lowest BCUT2D eigenvalue weighted by atomic mass is 9.98. The van der Waals surface area contributed by atoms with Crippen LogP contribution in [0.1, 0.15) is 33.6 Å². The Hall–Kier alpha value is -1.36. The fraction of sp³-hybridized carbons (Fsp3) is 0.733. The zero-order valence-electron chi connectivity index (χ0n) is 12.8. The lowest BCUT2D eigenvalue weighted by Crippen LogP contribution is -2.40. The van der Waals surface area contributed by atoms with Gasteiger partial charge < -0.3 is 15.0 Å². The van der Waals surface area contributed by atoms with Gasteiger partial charge in [0.2, 0.25) is 5.88 Å². The quantitative estimate of drug-likeness (QED) is 0.863. The first-order valence-electron chi connectivity index (χ1n) is 7.63. The molecule has 0 bridgehead atoms. The minimum atomic E-state index is 0.139. The lowest BCUT2D eigenvalue weighted by Gasteiger charge is -2.33. The van der Waals surface area contributed by atoms with E-state index in [2.05, 4.69) is 27.1 Å². The average Bonchev–Trinajstić information content (AvgIpc) is 2.45. The third-order valence-electron chi connectivity index (χ3n) is 3.51. The highest BCUT2D eigenvalue weighted by molar-refractivity contribution is 5.41. The van der Waals surface area contributed by atoms with Gasteiger partial charge in [0, 0.05) is 19.2 Å². The van der Waals surface area contributed by atoms with Crippen LogP contribution in [0.25, 0.3) is 0 Å². The maximum atomic E-state index is 5.65. The highest BCUT2D eigenvalue weighted by Crippen LogP contribution is 2.23. The number of nitrogens with one attached hydrogen (secondary N) is 1. The molecule has 0 aliphatic carbocycles. The summed E-state index contributed by atoms with van der Waals surface area (Å²) in [7, 11) is 0. The summed E-state index contributed by atoms with van der Waals surface area (Å²) in [6, 6.07) is 1.95. The maximum absolute atomic E-state index is 5.65. The van der Waals surface area contributed by atoms with Crippen molar-refractivity contribution < 1.29 is 4.74 Å². The average molecular weight is 278 g/mol. The van der Waals surface area contributed by atoms with E-state index < -0.39 is 0 Å². The van der Waals surface area contributed by atoms with Crippen molar-refractivity contribution in [3.8, 4) is 5.88 Å². The number of hydrogen-bond acceptors (Lipinski definition) is 5. The van der Waals surface area contributed by atoms with Crippen molar-refractivity contribution in [2.45, 2.75) is 39.7 Å². The minimum Gasteiger partial charge on any atom is -0.475 e. The summed E-state index contributed by atoms with van der Waals surface area (Å²) in [5.74, 6) is 2.35. The summed E-state index contributed by atoms with van der Waals surface area (Å²) in [5.41, 5.74) is 0. The van der Waals surface area contributed by atoms with Gasteiger partial charge in [0.15, 0.2) is 0 Å². The molecule has 1 aliphatic heterocycles. The van der Waals surface area contributed by atoms with E-state index in [1.807, 2.05) is 19.9 Å². The van der Waals surface area contributed by atoms with Gasteiger partial charge in [-0.2, -0.15) is 0 Å². The Balaban J connectivity index is 1.99. The standard InChI is InChI=1S/C15H26N4O/c1-4-16-9-13-6-5-7-19(10-13)14-8-15(18-11-17-14)20-12(2)3/h8,11-13,16H,4-7,9-10H2,1-3H3. The number of nitrogens with zero attached hydrogens (tertiary/aromatic N) is 3. The van der Waals surface area contributed by atoms with E-state index in [1.54, 1.807) is 6.33 Å². The van der Waals surface area contributed by atoms with E-state index in [0.717, 1.165) is 32.0 Å². The van der Waals surface area contributed by atoms with Gasteiger partial charge in [0.05, 0.1) is 6.10 Å². The van der Waals surface area contributed by atoms with Crippen LogP contribution in [0, 0.1) is 5.92 Å². The van der Waals surface area contributed by atoms with E-state index in [1.165, 1.54) is 12.8 Å². The van der Waals surface area contributed by atoms with E-state index in [-0.39, 0.29) is 6.10 Å². The zero-order chi connectivity index (χ0) is 14.4. The van der Waals surface area contributed by atoms with Crippen LogP contribution >= 0.6 is 0 Å². The predicted molar refractivity (Wildman–Crippen MR) is 81.3 cm³/mol. The van der Waals surface area contributed by atoms with Gasteiger partial charge in [-0.25, -0.2) is 9.97 Å². The molecule has 2 rings (SSSR count). The van der Waals surface area contributed by atoms with Crippen LogP contribution in [0.3, 0.4) is 0 Å². The van der Waals surface area contributed by atoms with Crippen molar-refractivity contribution >= 4 is 5.82 Å². The Morgan fingerprint density at radius 2 is 2.30 bits per heavy atom. The molecule has 0 aromatic carbocycles. The van der Waals surface area contributed by atoms with Gasteiger partial charge in [-0.05, 0) is 45.7 Å². The summed E-state index contributed by atoms with van der Waals surface area (Å²) < 4.78 is 5.65. The molecule has 1 N–H and O–H groups in total. The smallest absolute Gasteiger partial charge is 0.218 e. The van der Waals surface area contributed by atoms with Gasteiger partial charge in [0.1, 0.15) is 12.1 Å². The normalized spacial score (nSPS) is 19.4. The Morgan fingerprint density at radius 1 is 1.45 bits per heavy atom. The molecular weight excluding hydrogens is 252 g/mol. The number of rotatable bonds is 6. The number of anilines is 1. The predicted octanol–water partition coefficient (Wildman–Crippen LogP) is 2.09. The van der Waals surface area contributed by atoms with Gasteiger partial charge >= 0.3 is 0 Å². The maximum Gasteiger partial charge on any atom is 0.218 e. The third kappa shape index (κ3) is 4.34. The van der Waals surface area contributed by atoms with Gasteiger partial charge in [-0.15, -0.1) is 0 Å². The third-order valence-corrected chi connectivity index (χ3v) is 3.51. The van der Waals surface area contributed by atoms with Crippen LogP contribution < -0.4 is 15.0 Å². The summed E-state index contributed by atoms with van der Waals surface area (Å²) in [4.78, 5) is 10.9. The van der Waals surface area contributed by atoms with Crippen molar-refractivity contribution in [2.75, 3.05) is 31.1 Å². The van der Waals surface area contributed by atoms with Crippen LogP contribution in [0.15, 0.2) is 12.4 Å². The molecule has 0 amide bonds. The molecule has 1 atom stereocenters. The van der Waals surface area contributed by atoms with Crippen LogP contribution in [0.2, 0.25) is 0 Å². The molecule has 1 aromatic heterocycles. The molecule has 0 spiro atoms. The SMILES string of the molecule is CCNCC1CCCN(c2cc(OC(C)C)ncn2)C1. The van der Waals surface area contributed by atoms with Crippen molar-refractivity contribution in [1.82, 2.24) is 15.3 Å². The molecule has 1 aromatic rings. The van der Waals surface area contributed by atoms with Crippen LogP contribution in [0.5, 0.6) is 5.88 Å². The molecule has 5 heteroatoms. The van der Waals surface area contributed by atoms with E-state index in [9.17, 15) is 0 Å². The van der Waals surface area contributed by atoms with Gasteiger partial charge in [-0.1, -0.05) is 6.92 Å². The fourth-order valence-corrected chi connectivity index (χ4v) is 2.60. The molecule has 20 heavy (non-hydrogen) atoms. The summed E-state index contributed by atoms with van der Waals surface area (Å²) in [6.45, 7) is 10.4. The van der Waals surface area contributed by atoms with E-state index in [0.29, 0.717) is 11.8 Å². The Bertz CT molecular complexity index is 411. The van der Waals surface area contributed by atoms with E-state index >= 15 is 0 Å². The van der Waals surface area contributed by atoms with Crippen LogP contribution in [-0.4, -0.2) is 42.3 Å². The molecule has 1 fully saturated rings. The minimum absolute atomic E-state index is 0.139. The number of ether oxygens (including phenoxy) is 1. The second kappa shape index (κ2) is 7.43. The van der Waals surface area contributed by atoms with Gasteiger partial charge in [0.25, 0.3) is 0 Å². The van der Waals surface area contributed by atoms with Crippen molar-refractivity contribution in [1.29, 1.82) is 0 Å². The molecule has 1 aliphatic rings. The zero-order valence-corrected chi connectivity index (χ0v) is 12.8. The Kier molecular flexibility index (Phi) is 5.59. The largest absolute Gasteiger partial charge is 0.475 e. The first kappa shape index (κ1) is 15.0. The summed E-state index contributed by atoms with van der Waals surface area (Å²) in [6.07, 6.45) is 4.26. The van der Waals surface area contributed by atoms with E-state index in [4.69, 9.17) is 4.74 Å².